The molecule has 0 aliphatic heterocycles. The normalized spacial score (nSPS) is 13.0. The molecule has 0 bridgehead atoms. The van der Waals surface area contributed by atoms with Gasteiger partial charge in [-0.05, 0) is 68.2 Å². The van der Waals surface area contributed by atoms with Crippen LogP contribution in [0.2, 0.25) is 0 Å². The first-order chi connectivity index (χ1) is 19.9. The second-order valence-electron chi connectivity index (χ2n) is 11.9. The van der Waals surface area contributed by atoms with Crippen LogP contribution in [0.4, 0.5) is 9.59 Å². The van der Waals surface area contributed by atoms with Gasteiger partial charge >= 0.3 is 12.2 Å². The lowest BCUT2D eigenvalue weighted by Gasteiger charge is -2.24. The van der Waals surface area contributed by atoms with Gasteiger partial charge in [0.05, 0.1) is 0 Å². The molecule has 10 nitrogen and oxygen atoms in total. The van der Waals surface area contributed by atoms with Crippen molar-refractivity contribution >= 4 is 24.0 Å². The zero-order valence-corrected chi connectivity index (χ0v) is 25.3. The number of hydrogen-bond donors (Lipinski definition) is 4. The van der Waals surface area contributed by atoms with Crippen LogP contribution in [0.1, 0.15) is 83.8 Å². The number of unbranched alkanes of at least 4 members (excludes halogenated alkanes) is 2. The molecule has 0 heterocycles. The predicted molar refractivity (Wildman–Crippen MR) is 160 cm³/mol. The Morgan fingerprint density at radius 3 is 2.05 bits per heavy atom. The fourth-order valence-electron chi connectivity index (χ4n) is 4.86. The second kappa shape index (κ2) is 15.2. The number of ether oxygens (including phenoxy) is 2. The van der Waals surface area contributed by atoms with E-state index in [4.69, 9.17) is 9.47 Å². The van der Waals surface area contributed by atoms with Crippen molar-refractivity contribution in [2.75, 3.05) is 13.2 Å². The lowest BCUT2D eigenvalue weighted by Crippen LogP contribution is -2.53. The third-order valence-electron chi connectivity index (χ3n) is 6.73. The van der Waals surface area contributed by atoms with Crippen molar-refractivity contribution < 1.29 is 28.7 Å². The molecule has 0 saturated heterocycles. The molecule has 0 radical (unpaired) electrons. The molecule has 1 aliphatic rings. The van der Waals surface area contributed by atoms with Crippen molar-refractivity contribution in [2.45, 2.75) is 84.3 Å². The Balaban J connectivity index is 1.30. The van der Waals surface area contributed by atoms with E-state index in [0.717, 1.165) is 11.1 Å². The van der Waals surface area contributed by atoms with Crippen LogP contribution in [0.25, 0.3) is 11.1 Å². The number of hydrogen-bond acceptors (Lipinski definition) is 6. The maximum absolute atomic E-state index is 12.6. The van der Waals surface area contributed by atoms with Gasteiger partial charge in [0.2, 0.25) is 5.91 Å². The predicted octanol–water partition coefficient (Wildman–Crippen LogP) is 5.17. The summed E-state index contributed by atoms with van der Waals surface area (Å²) in [5.74, 6) is -0.715. The van der Waals surface area contributed by atoms with E-state index in [1.54, 1.807) is 20.8 Å². The maximum atomic E-state index is 12.6. The first-order valence-corrected chi connectivity index (χ1v) is 14.6. The minimum Gasteiger partial charge on any atom is -0.449 e. The fraction of sp³-hybridized carbons (Fsp3) is 0.500. The fourth-order valence-corrected chi connectivity index (χ4v) is 4.86. The highest BCUT2D eigenvalue weighted by Crippen LogP contribution is 2.44. The molecule has 228 valence electrons. The lowest BCUT2D eigenvalue weighted by atomic mass is 9.98. The van der Waals surface area contributed by atoms with E-state index < -0.39 is 29.7 Å². The number of alkyl carbamates (subject to hydrolysis) is 2. The molecular formula is C32H44N4O6. The van der Waals surface area contributed by atoms with Crippen molar-refractivity contribution in [1.29, 1.82) is 0 Å². The summed E-state index contributed by atoms with van der Waals surface area (Å²) in [5.41, 5.74) is 8.79. The lowest BCUT2D eigenvalue weighted by molar-refractivity contribution is -0.130. The first kappa shape index (κ1) is 32.4. The number of nitrogens with one attached hydrogen (secondary N) is 4. The molecule has 0 fully saturated rings. The average molecular weight is 581 g/mol. The molecule has 0 saturated carbocycles. The number of carbonyl (C=O) groups is 4. The molecular weight excluding hydrogens is 536 g/mol. The summed E-state index contributed by atoms with van der Waals surface area (Å²) in [6.07, 6.45) is 1.41. The van der Waals surface area contributed by atoms with Crippen molar-refractivity contribution in [2.24, 2.45) is 5.92 Å². The molecule has 1 atom stereocenters. The average Bonchev–Trinajstić information content (AvgIpc) is 3.24. The quantitative estimate of drug-likeness (QED) is 0.202. The first-order valence-electron chi connectivity index (χ1n) is 14.6. The van der Waals surface area contributed by atoms with Crippen LogP contribution < -0.4 is 21.5 Å². The van der Waals surface area contributed by atoms with Crippen molar-refractivity contribution in [1.82, 2.24) is 21.5 Å². The van der Waals surface area contributed by atoms with Crippen LogP contribution in [-0.2, 0) is 19.1 Å². The Morgan fingerprint density at radius 2 is 1.45 bits per heavy atom. The zero-order chi connectivity index (χ0) is 30.7. The SMILES string of the molecule is CC(C)C[C@@H](NC(=O)OC(C)(C)C)C(=O)NNC(=O)CCCCCNC(=O)OCC1c2ccccc2-c2ccccc21. The summed E-state index contributed by atoms with van der Waals surface area (Å²) >= 11 is 0. The summed E-state index contributed by atoms with van der Waals surface area (Å²) in [5, 5.41) is 5.35. The van der Waals surface area contributed by atoms with Gasteiger partial charge in [-0.2, -0.15) is 0 Å². The zero-order valence-electron chi connectivity index (χ0n) is 25.3. The van der Waals surface area contributed by atoms with Crippen LogP contribution in [0.5, 0.6) is 0 Å². The molecule has 0 spiro atoms. The van der Waals surface area contributed by atoms with Gasteiger partial charge in [0, 0.05) is 18.9 Å². The highest BCUT2D eigenvalue weighted by atomic mass is 16.6. The maximum Gasteiger partial charge on any atom is 0.408 e. The van der Waals surface area contributed by atoms with Gasteiger partial charge < -0.3 is 20.1 Å². The minimum atomic E-state index is -0.843. The van der Waals surface area contributed by atoms with Gasteiger partial charge in [0.1, 0.15) is 18.2 Å². The third kappa shape index (κ3) is 10.1. The minimum absolute atomic E-state index is 0.0101. The van der Waals surface area contributed by atoms with Gasteiger partial charge in [-0.1, -0.05) is 68.8 Å². The van der Waals surface area contributed by atoms with E-state index in [9.17, 15) is 19.2 Å². The van der Waals surface area contributed by atoms with Crippen LogP contribution in [0.15, 0.2) is 48.5 Å². The van der Waals surface area contributed by atoms with Gasteiger partial charge in [-0.15, -0.1) is 0 Å². The molecule has 2 aromatic rings. The van der Waals surface area contributed by atoms with Gasteiger partial charge in [0.25, 0.3) is 5.91 Å². The van der Waals surface area contributed by atoms with E-state index in [1.165, 1.54) is 11.1 Å². The van der Waals surface area contributed by atoms with Gasteiger partial charge in [-0.25, -0.2) is 9.59 Å². The van der Waals surface area contributed by atoms with Crippen LogP contribution in [0.3, 0.4) is 0 Å². The Kier molecular flexibility index (Phi) is 11.8. The van der Waals surface area contributed by atoms with Gasteiger partial charge in [-0.3, -0.25) is 20.4 Å². The van der Waals surface area contributed by atoms with Crippen molar-refractivity contribution in [3.8, 4) is 11.1 Å². The van der Waals surface area contributed by atoms with Crippen molar-refractivity contribution in [3.05, 3.63) is 59.7 Å². The molecule has 0 aromatic heterocycles. The smallest absolute Gasteiger partial charge is 0.408 e. The summed E-state index contributed by atoms with van der Waals surface area (Å²) in [4.78, 5) is 49.2. The Labute approximate surface area is 248 Å². The summed E-state index contributed by atoms with van der Waals surface area (Å²) in [7, 11) is 0. The molecule has 42 heavy (non-hydrogen) atoms. The van der Waals surface area contributed by atoms with Crippen LogP contribution in [-0.4, -0.2) is 48.8 Å². The molecule has 0 unspecified atom stereocenters. The van der Waals surface area contributed by atoms with E-state index in [0.29, 0.717) is 32.2 Å². The van der Waals surface area contributed by atoms with Crippen LogP contribution in [0, 0.1) is 5.92 Å². The largest absolute Gasteiger partial charge is 0.449 e. The highest BCUT2D eigenvalue weighted by Gasteiger charge is 2.29. The Hall–Kier alpha value is -4.08. The third-order valence-corrected chi connectivity index (χ3v) is 6.73. The molecule has 10 heteroatoms. The van der Waals surface area contributed by atoms with E-state index in [1.807, 2.05) is 38.1 Å². The summed E-state index contributed by atoms with van der Waals surface area (Å²) in [6, 6.07) is 15.5. The summed E-state index contributed by atoms with van der Waals surface area (Å²) in [6.45, 7) is 9.76. The number of carbonyl (C=O) groups excluding carboxylic acids is 4. The molecule has 4 N–H and O–H groups in total. The Morgan fingerprint density at radius 1 is 0.833 bits per heavy atom. The van der Waals surface area contributed by atoms with E-state index in [2.05, 4.69) is 45.8 Å². The number of rotatable bonds is 12. The standard InChI is InChI=1S/C32H44N4O6/c1-21(2)19-27(34-31(40)42-32(3,4)5)29(38)36-35-28(37)17-7-6-12-18-33-30(39)41-20-26-24-15-10-8-13-22(24)23-14-9-11-16-25(23)26/h8-11,13-16,21,26-27H,6-7,12,17-20H2,1-5H3,(H,33,39)(H,34,40)(H,35,37)(H,36,38)/t27-/m1/s1. The number of benzene rings is 2. The highest BCUT2D eigenvalue weighted by molar-refractivity contribution is 5.87. The number of hydrazine groups is 1. The summed E-state index contributed by atoms with van der Waals surface area (Å²) < 4.78 is 10.8. The Bertz CT molecular complexity index is 1190. The van der Waals surface area contributed by atoms with Crippen LogP contribution >= 0.6 is 0 Å². The second-order valence-corrected chi connectivity index (χ2v) is 11.9. The molecule has 2 aromatic carbocycles. The topological polar surface area (TPSA) is 135 Å². The monoisotopic (exact) mass is 580 g/mol. The number of fused-ring (bicyclic) bond motifs is 3. The number of amides is 4. The van der Waals surface area contributed by atoms with E-state index in [-0.39, 0.29) is 30.8 Å². The van der Waals surface area contributed by atoms with E-state index >= 15 is 0 Å². The van der Waals surface area contributed by atoms with Gasteiger partial charge in [0.15, 0.2) is 0 Å². The molecule has 3 rings (SSSR count). The van der Waals surface area contributed by atoms with Crippen molar-refractivity contribution in [3.63, 3.8) is 0 Å². The molecule has 1 aliphatic carbocycles. The molecule has 4 amide bonds.